The number of aryl methyl sites for hydroxylation is 1. The summed E-state index contributed by atoms with van der Waals surface area (Å²) in [5.41, 5.74) is -0.0145. The fourth-order valence-electron chi connectivity index (χ4n) is 3.99. The number of rotatable bonds is 3. The molecule has 3 fully saturated rings. The van der Waals surface area contributed by atoms with E-state index in [1.165, 1.54) is 12.8 Å². The molecular formula is C17H23N3O3. The van der Waals surface area contributed by atoms with Crippen molar-refractivity contribution in [1.82, 2.24) is 15.0 Å². The van der Waals surface area contributed by atoms with E-state index in [-0.39, 0.29) is 17.2 Å². The third-order valence-corrected chi connectivity index (χ3v) is 5.49. The van der Waals surface area contributed by atoms with Crippen molar-refractivity contribution < 1.29 is 14.1 Å². The Morgan fingerprint density at radius 3 is 2.91 bits per heavy atom. The smallest absolute Gasteiger partial charge is 0.276 e. The lowest BCUT2D eigenvalue weighted by molar-refractivity contribution is -0.145. The second-order valence-electron chi connectivity index (χ2n) is 7.38. The second-order valence-corrected chi connectivity index (χ2v) is 7.38. The Labute approximate surface area is 135 Å². The first-order valence-corrected chi connectivity index (χ1v) is 8.59. The maximum atomic E-state index is 13.0. The van der Waals surface area contributed by atoms with Crippen molar-refractivity contribution in [3.63, 3.8) is 0 Å². The van der Waals surface area contributed by atoms with Crippen molar-refractivity contribution in [2.24, 2.45) is 11.3 Å². The molecule has 4 rings (SSSR count). The fourth-order valence-corrected chi connectivity index (χ4v) is 3.99. The number of hydrogen-bond acceptors (Lipinski definition) is 4. The molecule has 1 aliphatic carbocycles. The summed E-state index contributed by atoms with van der Waals surface area (Å²) in [5.74, 6) is 1.49. The van der Waals surface area contributed by atoms with Crippen LogP contribution in [0.15, 0.2) is 10.6 Å². The van der Waals surface area contributed by atoms with E-state index in [1.54, 1.807) is 17.9 Å². The molecule has 1 aromatic heterocycles. The van der Waals surface area contributed by atoms with Gasteiger partial charge in [0, 0.05) is 32.2 Å². The molecule has 0 radical (unpaired) electrons. The van der Waals surface area contributed by atoms with Crippen LogP contribution in [0.2, 0.25) is 0 Å². The van der Waals surface area contributed by atoms with Crippen LogP contribution in [-0.4, -0.2) is 52.9 Å². The Bertz CT molecular complexity index is 637. The minimum atomic E-state index is -0.360. The number of carbonyl (C=O) groups excluding carboxylic acids is 2. The van der Waals surface area contributed by atoms with Crippen LogP contribution in [0.25, 0.3) is 0 Å². The third kappa shape index (κ3) is 2.64. The van der Waals surface area contributed by atoms with Gasteiger partial charge in [-0.15, -0.1) is 0 Å². The van der Waals surface area contributed by atoms with Gasteiger partial charge in [0.1, 0.15) is 5.76 Å². The fraction of sp³-hybridized carbons (Fsp3) is 0.706. The topological polar surface area (TPSA) is 66.7 Å². The summed E-state index contributed by atoms with van der Waals surface area (Å²) in [4.78, 5) is 29.3. The summed E-state index contributed by atoms with van der Waals surface area (Å²) in [6.45, 7) is 4.73. The highest BCUT2D eigenvalue weighted by molar-refractivity contribution is 5.93. The van der Waals surface area contributed by atoms with Crippen molar-refractivity contribution in [2.75, 3.05) is 26.2 Å². The summed E-state index contributed by atoms with van der Waals surface area (Å²) in [6, 6.07) is 1.66. The number of piperidine rings is 1. The van der Waals surface area contributed by atoms with Crippen LogP contribution in [0.3, 0.4) is 0 Å². The van der Waals surface area contributed by atoms with Gasteiger partial charge in [-0.3, -0.25) is 9.59 Å². The van der Waals surface area contributed by atoms with Crippen LogP contribution in [-0.2, 0) is 4.79 Å². The van der Waals surface area contributed by atoms with Gasteiger partial charge in [-0.05, 0) is 44.9 Å². The lowest BCUT2D eigenvalue weighted by Crippen LogP contribution is -2.51. The van der Waals surface area contributed by atoms with Crippen LogP contribution in [0.1, 0.15) is 48.4 Å². The molecule has 0 unspecified atom stereocenters. The summed E-state index contributed by atoms with van der Waals surface area (Å²) in [5, 5.41) is 3.81. The van der Waals surface area contributed by atoms with E-state index in [0.29, 0.717) is 30.5 Å². The SMILES string of the molecule is Cc1cc(C(=O)N2CC[C@@]3(CCCN(CC4CC4)C3=O)C2)no1. The van der Waals surface area contributed by atoms with Gasteiger partial charge in [0.15, 0.2) is 5.69 Å². The molecule has 3 heterocycles. The average Bonchev–Trinajstić information content (AvgIpc) is 3.08. The van der Waals surface area contributed by atoms with Crippen molar-refractivity contribution in [1.29, 1.82) is 0 Å². The van der Waals surface area contributed by atoms with Crippen molar-refractivity contribution >= 4 is 11.8 Å². The van der Waals surface area contributed by atoms with E-state index in [1.807, 2.05) is 0 Å². The molecule has 1 spiro atoms. The lowest BCUT2D eigenvalue weighted by Gasteiger charge is -2.39. The Morgan fingerprint density at radius 2 is 2.22 bits per heavy atom. The zero-order valence-electron chi connectivity index (χ0n) is 13.6. The van der Waals surface area contributed by atoms with Gasteiger partial charge in [0.05, 0.1) is 5.41 Å². The van der Waals surface area contributed by atoms with Crippen molar-refractivity contribution in [3.05, 3.63) is 17.5 Å². The number of nitrogens with zero attached hydrogens (tertiary/aromatic N) is 3. The maximum Gasteiger partial charge on any atom is 0.276 e. The van der Waals surface area contributed by atoms with Crippen molar-refractivity contribution in [3.8, 4) is 0 Å². The molecule has 0 aromatic carbocycles. The maximum absolute atomic E-state index is 13.0. The molecule has 23 heavy (non-hydrogen) atoms. The minimum absolute atomic E-state index is 0.120. The molecular weight excluding hydrogens is 294 g/mol. The van der Waals surface area contributed by atoms with Gasteiger partial charge in [-0.1, -0.05) is 5.16 Å². The average molecular weight is 317 g/mol. The minimum Gasteiger partial charge on any atom is -0.361 e. The largest absolute Gasteiger partial charge is 0.361 e. The number of aromatic nitrogens is 1. The molecule has 2 saturated heterocycles. The summed E-state index contributed by atoms with van der Waals surface area (Å²) >= 11 is 0. The molecule has 3 aliphatic rings. The highest BCUT2D eigenvalue weighted by Crippen LogP contribution is 2.42. The van der Waals surface area contributed by atoms with E-state index in [0.717, 1.165) is 32.4 Å². The van der Waals surface area contributed by atoms with E-state index >= 15 is 0 Å². The molecule has 1 atom stereocenters. The molecule has 0 N–H and O–H groups in total. The number of carbonyl (C=O) groups is 2. The molecule has 1 saturated carbocycles. The molecule has 2 aliphatic heterocycles. The summed E-state index contributed by atoms with van der Waals surface area (Å²) < 4.78 is 5.00. The number of hydrogen-bond donors (Lipinski definition) is 0. The summed E-state index contributed by atoms with van der Waals surface area (Å²) in [7, 11) is 0. The van der Waals surface area contributed by atoms with Gasteiger partial charge in [-0.2, -0.15) is 0 Å². The molecule has 6 nitrogen and oxygen atoms in total. The standard InChI is InChI=1S/C17H23N3O3/c1-12-9-14(18-23-12)15(21)20-8-6-17(11-20)5-2-7-19(16(17)22)10-13-3-4-13/h9,13H,2-8,10-11H2,1H3/t17-/m0/s1. The monoisotopic (exact) mass is 317 g/mol. The van der Waals surface area contributed by atoms with E-state index in [4.69, 9.17) is 4.52 Å². The van der Waals surface area contributed by atoms with Gasteiger partial charge in [0.2, 0.25) is 5.91 Å². The predicted molar refractivity (Wildman–Crippen MR) is 82.7 cm³/mol. The lowest BCUT2D eigenvalue weighted by atomic mass is 9.78. The van der Waals surface area contributed by atoms with Crippen LogP contribution in [0.4, 0.5) is 0 Å². The summed E-state index contributed by atoms with van der Waals surface area (Å²) in [6.07, 6.45) is 5.23. The van der Waals surface area contributed by atoms with E-state index in [2.05, 4.69) is 10.1 Å². The molecule has 2 amide bonds. The Kier molecular flexibility index (Phi) is 3.43. The normalized spacial score (nSPS) is 28.0. The number of amides is 2. The van der Waals surface area contributed by atoms with Gasteiger partial charge >= 0.3 is 0 Å². The van der Waals surface area contributed by atoms with Gasteiger partial charge < -0.3 is 14.3 Å². The molecule has 0 bridgehead atoms. The van der Waals surface area contributed by atoms with E-state index in [9.17, 15) is 9.59 Å². The van der Waals surface area contributed by atoms with E-state index < -0.39 is 0 Å². The molecule has 6 heteroatoms. The van der Waals surface area contributed by atoms with Crippen LogP contribution in [0.5, 0.6) is 0 Å². The van der Waals surface area contributed by atoms with Gasteiger partial charge in [0.25, 0.3) is 5.91 Å². The van der Waals surface area contributed by atoms with Crippen LogP contribution >= 0.6 is 0 Å². The first-order chi connectivity index (χ1) is 11.1. The molecule has 1 aromatic rings. The highest BCUT2D eigenvalue weighted by atomic mass is 16.5. The quantitative estimate of drug-likeness (QED) is 0.853. The number of likely N-dealkylation sites (tertiary alicyclic amines) is 2. The van der Waals surface area contributed by atoms with Crippen LogP contribution in [0, 0.1) is 18.3 Å². The first-order valence-electron chi connectivity index (χ1n) is 8.59. The zero-order valence-corrected chi connectivity index (χ0v) is 13.6. The Hall–Kier alpha value is -1.85. The third-order valence-electron chi connectivity index (χ3n) is 5.49. The van der Waals surface area contributed by atoms with Crippen LogP contribution < -0.4 is 0 Å². The second kappa shape index (κ2) is 5.35. The Balaban J connectivity index is 1.47. The molecule has 124 valence electrons. The van der Waals surface area contributed by atoms with Crippen molar-refractivity contribution in [2.45, 2.75) is 39.0 Å². The predicted octanol–water partition coefficient (Wildman–Crippen LogP) is 1.85. The highest BCUT2D eigenvalue weighted by Gasteiger charge is 2.50. The Morgan fingerprint density at radius 1 is 1.39 bits per heavy atom. The zero-order chi connectivity index (χ0) is 16.0. The van der Waals surface area contributed by atoms with Gasteiger partial charge in [-0.25, -0.2) is 0 Å². The first kappa shape index (κ1) is 14.7.